The van der Waals surface area contributed by atoms with Crippen LogP contribution >= 0.6 is 11.3 Å². The van der Waals surface area contributed by atoms with Crippen LogP contribution in [0, 0.1) is 6.92 Å². The Bertz CT molecular complexity index is 1020. The van der Waals surface area contributed by atoms with E-state index in [0.29, 0.717) is 5.82 Å². The number of hydrogen-bond donors (Lipinski definition) is 3. The maximum absolute atomic E-state index is 12.4. The molecule has 9 heteroatoms. The Morgan fingerprint density at radius 2 is 2.12 bits per heavy atom. The minimum atomic E-state index is -3.93. The summed E-state index contributed by atoms with van der Waals surface area (Å²) in [5.74, 6) is 0.0934. The zero-order valence-electron chi connectivity index (χ0n) is 13.0. The number of imidazole rings is 1. The minimum absolute atomic E-state index is 0.0660. The Balaban J connectivity index is 1.85. The van der Waals surface area contributed by atoms with Crippen LogP contribution in [0.1, 0.15) is 34.0 Å². The standard InChI is InChI=1S/C15H16N4O3S2/c1-8-3-4-10-11(7-8)19-14(18-10)9(2)17-15(20)13-12(5-6-23-13)24(16,21)22/h3-7,9H,1-2H3,(H,17,20)(H,18,19)(H2,16,21,22)/t9-/m1/s1. The summed E-state index contributed by atoms with van der Waals surface area (Å²) in [4.78, 5) is 19.9. The third kappa shape index (κ3) is 3.18. The monoisotopic (exact) mass is 364 g/mol. The number of H-pyrrole nitrogens is 1. The number of primary sulfonamides is 1. The van der Waals surface area contributed by atoms with Gasteiger partial charge in [-0.2, -0.15) is 0 Å². The van der Waals surface area contributed by atoms with Gasteiger partial charge in [-0.15, -0.1) is 11.3 Å². The molecule has 7 nitrogen and oxygen atoms in total. The molecule has 3 aromatic rings. The lowest BCUT2D eigenvalue weighted by Gasteiger charge is -2.11. The highest BCUT2D eigenvalue weighted by molar-refractivity contribution is 7.89. The normalized spacial score (nSPS) is 13.1. The van der Waals surface area contributed by atoms with Crippen molar-refractivity contribution in [1.82, 2.24) is 15.3 Å². The Kier molecular flexibility index (Phi) is 4.16. The van der Waals surface area contributed by atoms with E-state index >= 15 is 0 Å². The molecular formula is C15H16N4O3S2. The summed E-state index contributed by atoms with van der Waals surface area (Å²) in [6.45, 7) is 3.75. The summed E-state index contributed by atoms with van der Waals surface area (Å²) >= 11 is 1.03. The van der Waals surface area contributed by atoms with Crippen molar-refractivity contribution in [3.63, 3.8) is 0 Å². The minimum Gasteiger partial charge on any atom is -0.342 e. The maximum atomic E-state index is 12.4. The summed E-state index contributed by atoms with van der Waals surface area (Å²) < 4.78 is 23.0. The van der Waals surface area contributed by atoms with Crippen LogP contribution < -0.4 is 10.5 Å². The Hall–Kier alpha value is -2.23. The molecule has 2 aromatic heterocycles. The van der Waals surface area contributed by atoms with E-state index in [4.69, 9.17) is 5.14 Å². The largest absolute Gasteiger partial charge is 0.342 e. The SMILES string of the molecule is Cc1ccc2nc([C@@H](C)NC(=O)c3sccc3S(N)(=O)=O)[nH]c2c1. The Morgan fingerprint density at radius 3 is 2.83 bits per heavy atom. The number of amides is 1. The summed E-state index contributed by atoms with van der Waals surface area (Å²) in [6.07, 6.45) is 0. The summed E-state index contributed by atoms with van der Waals surface area (Å²) in [6, 6.07) is 6.74. The van der Waals surface area contributed by atoms with Crippen molar-refractivity contribution in [3.05, 3.63) is 45.9 Å². The summed E-state index contributed by atoms with van der Waals surface area (Å²) in [5, 5.41) is 9.39. The van der Waals surface area contributed by atoms with Gasteiger partial charge in [0, 0.05) is 0 Å². The molecule has 3 rings (SSSR count). The number of benzene rings is 1. The Labute approximate surface area is 143 Å². The van der Waals surface area contributed by atoms with Crippen molar-refractivity contribution in [2.75, 3.05) is 0 Å². The van der Waals surface area contributed by atoms with Crippen LogP contribution in [-0.2, 0) is 10.0 Å². The van der Waals surface area contributed by atoms with E-state index in [-0.39, 0.29) is 9.77 Å². The van der Waals surface area contributed by atoms with Crippen molar-refractivity contribution in [2.24, 2.45) is 5.14 Å². The van der Waals surface area contributed by atoms with Gasteiger partial charge in [-0.1, -0.05) is 6.07 Å². The third-order valence-corrected chi connectivity index (χ3v) is 5.55. The van der Waals surface area contributed by atoms with E-state index in [1.54, 1.807) is 6.92 Å². The number of nitrogens with one attached hydrogen (secondary N) is 2. The van der Waals surface area contributed by atoms with Crippen LogP contribution in [0.5, 0.6) is 0 Å². The second-order valence-electron chi connectivity index (χ2n) is 5.50. The van der Waals surface area contributed by atoms with E-state index in [1.807, 2.05) is 25.1 Å². The van der Waals surface area contributed by atoms with Gasteiger partial charge in [0.2, 0.25) is 10.0 Å². The Morgan fingerprint density at radius 1 is 1.38 bits per heavy atom. The van der Waals surface area contributed by atoms with Crippen molar-refractivity contribution < 1.29 is 13.2 Å². The smallest absolute Gasteiger partial charge is 0.263 e. The molecule has 24 heavy (non-hydrogen) atoms. The van der Waals surface area contributed by atoms with E-state index < -0.39 is 22.0 Å². The third-order valence-electron chi connectivity index (χ3n) is 3.56. The van der Waals surface area contributed by atoms with Gasteiger partial charge in [0.15, 0.2) is 0 Å². The van der Waals surface area contributed by atoms with Gasteiger partial charge in [-0.05, 0) is 43.0 Å². The zero-order valence-corrected chi connectivity index (χ0v) is 14.7. The topological polar surface area (TPSA) is 118 Å². The van der Waals surface area contributed by atoms with Crippen molar-refractivity contribution in [1.29, 1.82) is 0 Å². The number of hydrogen-bond acceptors (Lipinski definition) is 5. The highest BCUT2D eigenvalue weighted by Gasteiger charge is 2.23. The fourth-order valence-corrected chi connectivity index (χ4v) is 4.24. The molecule has 1 atom stereocenters. The zero-order chi connectivity index (χ0) is 17.5. The molecule has 0 spiro atoms. The highest BCUT2D eigenvalue weighted by Crippen LogP contribution is 2.22. The molecule has 0 aliphatic carbocycles. The number of thiophene rings is 1. The van der Waals surface area contributed by atoms with Crippen LogP contribution in [0.4, 0.5) is 0 Å². The first-order chi connectivity index (χ1) is 11.3. The first-order valence-corrected chi connectivity index (χ1v) is 9.56. The second kappa shape index (κ2) is 6.00. The number of sulfonamides is 1. The predicted molar refractivity (Wildman–Crippen MR) is 92.4 cm³/mol. The van der Waals surface area contributed by atoms with E-state index in [2.05, 4.69) is 15.3 Å². The van der Waals surface area contributed by atoms with Gasteiger partial charge in [0.05, 0.1) is 17.1 Å². The lowest BCUT2D eigenvalue weighted by molar-refractivity contribution is 0.0939. The number of rotatable bonds is 4. The van der Waals surface area contributed by atoms with Crippen molar-refractivity contribution >= 4 is 38.3 Å². The fraction of sp³-hybridized carbons (Fsp3) is 0.200. The van der Waals surface area contributed by atoms with Crippen LogP contribution in [-0.4, -0.2) is 24.3 Å². The second-order valence-corrected chi connectivity index (χ2v) is 7.94. The van der Waals surface area contributed by atoms with Crippen LogP contribution in [0.3, 0.4) is 0 Å². The van der Waals surface area contributed by atoms with Crippen molar-refractivity contribution in [3.8, 4) is 0 Å². The van der Waals surface area contributed by atoms with E-state index in [0.717, 1.165) is 27.9 Å². The number of carbonyl (C=O) groups is 1. The number of carbonyl (C=O) groups excluding carboxylic acids is 1. The first kappa shape index (κ1) is 16.6. The van der Waals surface area contributed by atoms with Crippen LogP contribution in [0.25, 0.3) is 11.0 Å². The fourth-order valence-electron chi connectivity index (χ4n) is 2.37. The molecule has 126 valence electrons. The molecule has 0 aliphatic rings. The summed E-state index contributed by atoms with van der Waals surface area (Å²) in [5.41, 5.74) is 2.79. The number of aryl methyl sites for hydroxylation is 1. The van der Waals surface area contributed by atoms with Crippen LogP contribution in [0.15, 0.2) is 34.5 Å². The quantitative estimate of drug-likeness (QED) is 0.657. The molecule has 0 radical (unpaired) electrons. The van der Waals surface area contributed by atoms with E-state index in [1.165, 1.54) is 11.4 Å². The average Bonchev–Trinajstić information content (AvgIpc) is 3.12. The molecule has 0 fully saturated rings. The lowest BCUT2D eigenvalue weighted by atomic mass is 10.2. The molecule has 2 heterocycles. The van der Waals surface area contributed by atoms with Gasteiger partial charge in [0.1, 0.15) is 15.6 Å². The summed E-state index contributed by atoms with van der Waals surface area (Å²) in [7, 11) is -3.93. The maximum Gasteiger partial charge on any atom is 0.263 e. The molecule has 0 saturated carbocycles. The molecule has 0 aliphatic heterocycles. The van der Waals surface area contributed by atoms with Gasteiger partial charge < -0.3 is 10.3 Å². The van der Waals surface area contributed by atoms with Gasteiger partial charge in [-0.3, -0.25) is 4.79 Å². The molecule has 1 aromatic carbocycles. The molecule has 0 bridgehead atoms. The molecular weight excluding hydrogens is 348 g/mol. The van der Waals surface area contributed by atoms with Crippen LogP contribution in [0.2, 0.25) is 0 Å². The molecule has 0 saturated heterocycles. The number of aromatic nitrogens is 2. The van der Waals surface area contributed by atoms with Gasteiger partial charge >= 0.3 is 0 Å². The molecule has 0 unspecified atom stereocenters. The lowest BCUT2D eigenvalue weighted by Crippen LogP contribution is -2.28. The first-order valence-electron chi connectivity index (χ1n) is 7.13. The van der Waals surface area contributed by atoms with Gasteiger partial charge in [0.25, 0.3) is 5.91 Å². The highest BCUT2D eigenvalue weighted by atomic mass is 32.2. The number of nitrogens with zero attached hydrogens (tertiary/aromatic N) is 1. The predicted octanol–water partition coefficient (Wildman–Crippen LogP) is 2.07. The van der Waals surface area contributed by atoms with Gasteiger partial charge in [-0.25, -0.2) is 18.5 Å². The van der Waals surface area contributed by atoms with E-state index in [9.17, 15) is 13.2 Å². The number of aromatic amines is 1. The molecule has 1 amide bonds. The number of nitrogens with two attached hydrogens (primary N) is 1. The number of fused-ring (bicyclic) bond motifs is 1. The molecule has 4 N–H and O–H groups in total. The van der Waals surface area contributed by atoms with Crippen molar-refractivity contribution in [2.45, 2.75) is 24.8 Å². The average molecular weight is 364 g/mol.